The maximum absolute atomic E-state index is 13.0. The molecule has 1 fully saturated rings. The minimum atomic E-state index is -1.14. The van der Waals surface area contributed by atoms with E-state index in [2.05, 4.69) is 11.5 Å². The summed E-state index contributed by atoms with van der Waals surface area (Å²) < 4.78 is 22.2. The highest BCUT2D eigenvalue weighted by atomic mass is 32.2. The number of ether oxygens (including phenoxy) is 2. The predicted octanol–water partition coefficient (Wildman–Crippen LogP) is 5.04. The zero-order chi connectivity index (χ0) is 25.0. The normalized spacial score (nSPS) is 19.8. The summed E-state index contributed by atoms with van der Waals surface area (Å²) in [5.41, 5.74) is 3.12. The zero-order valence-corrected chi connectivity index (χ0v) is 20.5. The molecule has 3 heterocycles. The summed E-state index contributed by atoms with van der Waals surface area (Å²) in [5.74, 6) is 0.721. The number of anilines is 1. The van der Waals surface area contributed by atoms with Gasteiger partial charge in [-0.15, -0.1) is 0 Å². The highest BCUT2D eigenvalue weighted by Crippen LogP contribution is 2.56. The standard InChI is InChI=1S/C28H24N2O5S/c1-17(2)26(31)30-13-11-29(12-14-30)18-7-9-22-24(15-18)34-25-16-19(36-33)8-10-23(25)28(22)21-6-4-3-5-20(21)27(32)35-28/h3-10,15-16,33H,1,11-14H2,2H3. The third-order valence-corrected chi connectivity index (χ3v) is 7.54. The quantitative estimate of drug-likeness (QED) is 0.306. The van der Waals surface area contributed by atoms with E-state index in [4.69, 9.17) is 9.47 Å². The van der Waals surface area contributed by atoms with Gasteiger partial charge >= 0.3 is 5.97 Å². The van der Waals surface area contributed by atoms with Crippen LogP contribution in [0.1, 0.15) is 34.0 Å². The maximum Gasteiger partial charge on any atom is 0.340 e. The molecule has 1 atom stereocenters. The van der Waals surface area contributed by atoms with Gasteiger partial charge in [0.15, 0.2) is 5.60 Å². The number of piperazine rings is 1. The van der Waals surface area contributed by atoms with Crippen LogP contribution in [0.4, 0.5) is 5.69 Å². The molecule has 3 aromatic carbocycles. The van der Waals surface area contributed by atoms with Gasteiger partial charge in [0.25, 0.3) is 0 Å². The molecule has 0 saturated carbocycles. The van der Waals surface area contributed by atoms with Gasteiger partial charge in [-0.1, -0.05) is 24.8 Å². The van der Waals surface area contributed by atoms with Crippen molar-refractivity contribution in [2.45, 2.75) is 17.4 Å². The Balaban J connectivity index is 1.42. The van der Waals surface area contributed by atoms with Crippen LogP contribution in [0.15, 0.2) is 77.7 Å². The lowest BCUT2D eigenvalue weighted by Crippen LogP contribution is -2.49. The van der Waals surface area contributed by atoms with Crippen LogP contribution in [-0.2, 0) is 15.1 Å². The average molecular weight is 501 g/mol. The van der Waals surface area contributed by atoms with E-state index in [9.17, 15) is 14.1 Å². The van der Waals surface area contributed by atoms with Crippen molar-refractivity contribution in [3.05, 3.63) is 95.1 Å². The minimum Gasteiger partial charge on any atom is -0.456 e. The van der Waals surface area contributed by atoms with Crippen molar-refractivity contribution in [2.75, 3.05) is 31.1 Å². The van der Waals surface area contributed by atoms with Gasteiger partial charge < -0.3 is 23.8 Å². The first kappa shape index (κ1) is 22.7. The topological polar surface area (TPSA) is 79.3 Å². The Morgan fingerprint density at radius 3 is 2.39 bits per heavy atom. The SMILES string of the molecule is C=C(C)C(=O)N1CCN(c2ccc3c(c2)Oc2cc(SO)ccc2C32OC(=O)c3ccccc32)CC1. The molecule has 0 aromatic heterocycles. The summed E-state index contributed by atoms with van der Waals surface area (Å²) in [6.07, 6.45) is 0. The Kier molecular flexibility index (Phi) is 5.31. The van der Waals surface area contributed by atoms with Crippen LogP contribution >= 0.6 is 12.0 Å². The highest BCUT2D eigenvalue weighted by Gasteiger charge is 2.53. The van der Waals surface area contributed by atoms with Crippen LogP contribution in [0.5, 0.6) is 11.5 Å². The van der Waals surface area contributed by atoms with E-state index in [1.807, 2.05) is 47.4 Å². The molecule has 1 unspecified atom stereocenters. The van der Waals surface area contributed by atoms with Crippen molar-refractivity contribution in [3.8, 4) is 11.5 Å². The summed E-state index contributed by atoms with van der Waals surface area (Å²) in [6.45, 7) is 8.09. The molecular weight excluding hydrogens is 476 g/mol. The fraction of sp³-hybridized carbons (Fsp3) is 0.214. The lowest BCUT2D eigenvalue weighted by Gasteiger charge is -2.39. The van der Waals surface area contributed by atoms with Crippen LogP contribution in [0.3, 0.4) is 0 Å². The van der Waals surface area contributed by atoms with Crippen molar-refractivity contribution in [1.82, 2.24) is 4.90 Å². The van der Waals surface area contributed by atoms with Gasteiger partial charge in [-0.2, -0.15) is 0 Å². The highest BCUT2D eigenvalue weighted by molar-refractivity contribution is 7.93. The molecule has 8 heteroatoms. The van der Waals surface area contributed by atoms with E-state index >= 15 is 0 Å². The third-order valence-electron chi connectivity index (χ3n) is 7.07. The second kappa shape index (κ2) is 8.43. The summed E-state index contributed by atoms with van der Waals surface area (Å²) >= 11 is 0.636. The fourth-order valence-electron chi connectivity index (χ4n) is 5.34. The second-order valence-electron chi connectivity index (χ2n) is 9.21. The lowest BCUT2D eigenvalue weighted by atomic mass is 9.77. The molecule has 1 N–H and O–H groups in total. The largest absolute Gasteiger partial charge is 0.456 e. The smallest absolute Gasteiger partial charge is 0.340 e. The van der Waals surface area contributed by atoms with E-state index < -0.39 is 5.60 Å². The molecule has 3 aliphatic rings. The van der Waals surface area contributed by atoms with Crippen LogP contribution in [0.25, 0.3) is 0 Å². The van der Waals surface area contributed by atoms with Gasteiger partial charge in [-0.05, 0) is 43.3 Å². The maximum atomic E-state index is 13.0. The monoisotopic (exact) mass is 500 g/mol. The second-order valence-corrected chi connectivity index (χ2v) is 9.86. The number of carbonyl (C=O) groups is 2. The van der Waals surface area contributed by atoms with E-state index in [-0.39, 0.29) is 11.9 Å². The molecule has 6 rings (SSSR count). The number of hydrogen-bond acceptors (Lipinski definition) is 7. The first-order valence-corrected chi connectivity index (χ1v) is 12.5. The number of fused-ring (bicyclic) bond motifs is 6. The summed E-state index contributed by atoms with van der Waals surface area (Å²) in [5, 5.41) is 0. The Labute approximate surface area is 213 Å². The van der Waals surface area contributed by atoms with Crippen molar-refractivity contribution in [3.63, 3.8) is 0 Å². The van der Waals surface area contributed by atoms with Gasteiger partial charge in [-0.3, -0.25) is 4.79 Å². The van der Waals surface area contributed by atoms with Gasteiger partial charge in [-0.25, -0.2) is 4.79 Å². The summed E-state index contributed by atoms with van der Waals surface area (Å²) in [4.78, 5) is 29.9. The number of esters is 1. The molecule has 0 radical (unpaired) electrons. The van der Waals surface area contributed by atoms with Crippen LogP contribution in [0, 0.1) is 0 Å². The van der Waals surface area contributed by atoms with E-state index in [0.29, 0.717) is 71.3 Å². The molecule has 1 saturated heterocycles. The molecule has 182 valence electrons. The van der Waals surface area contributed by atoms with Crippen molar-refractivity contribution in [2.24, 2.45) is 0 Å². The van der Waals surface area contributed by atoms with Gasteiger partial charge in [0.1, 0.15) is 11.5 Å². The van der Waals surface area contributed by atoms with E-state index in [1.165, 1.54) is 0 Å². The van der Waals surface area contributed by atoms with Gasteiger partial charge in [0.2, 0.25) is 5.91 Å². The fourth-order valence-corrected chi connectivity index (χ4v) is 5.62. The van der Waals surface area contributed by atoms with Crippen LogP contribution in [0.2, 0.25) is 0 Å². The molecule has 3 aliphatic heterocycles. The lowest BCUT2D eigenvalue weighted by molar-refractivity contribution is -0.127. The summed E-state index contributed by atoms with van der Waals surface area (Å²) in [7, 11) is 0. The Hall–Kier alpha value is -3.75. The molecule has 0 aliphatic carbocycles. The molecule has 7 nitrogen and oxygen atoms in total. The van der Waals surface area contributed by atoms with Crippen LogP contribution < -0.4 is 9.64 Å². The first-order valence-electron chi connectivity index (χ1n) is 11.7. The number of nitrogens with zero attached hydrogens (tertiary/aromatic N) is 2. The van der Waals surface area contributed by atoms with Gasteiger partial charge in [0, 0.05) is 77.1 Å². The molecule has 3 aromatic rings. The Morgan fingerprint density at radius 1 is 0.972 bits per heavy atom. The van der Waals surface area contributed by atoms with Crippen molar-refractivity contribution < 1.29 is 23.6 Å². The number of benzene rings is 3. The number of hydrogen-bond donors (Lipinski definition) is 1. The van der Waals surface area contributed by atoms with Crippen molar-refractivity contribution in [1.29, 1.82) is 0 Å². The Morgan fingerprint density at radius 2 is 1.67 bits per heavy atom. The third kappa shape index (κ3) is 3.32. The van der Waals surface area contributed by atoms with Gasteiger partial charge in [0.05, 0.1) is 5.56 Å². The van der Waals surface area contributed by atoms with E-state index in [0.717, 1.165) is 16.8 Å². The number of rotatable bonds is 3. The van der Waals surface area contributed by atoms with E-state index in [1.54, 1.807) is 25.1 Å². The average Bonchev–Trinajstić information content (AvgIpc) is 3.20. The molecule has 0 bridgehead atoms. The molecule has 36 heavy (non-hydrogen) atoms. The van der Waals surface area contributed by atoms with Crippen molar-refractivity contribution >= 4 is 29.6 Å². The zero-order valence-electron chi connectivity index (χ0n) is 19.7. The Bertz CT molecular complexity index is 1430. The number of amides is 1. The molecular formula is C28H24N2O5S. The summed E-state index contributed by atoms with van der Waals surface area (Å²) in [6, 6.07) is 18.7. The first-order chi connectivity index (χ1) is 17.4. The molecule has 1 amide bonds. The number of carbonyl (C=O) groups excluding carboxylic acids is 2. The van der Waals surface area contributed by atoms with Crippen LogP contribution in [-0.4, -0.2) is 47.5 Å². The predicted molar refractivity (Wildman–Crippen MR) is 137 cm³/mol. The molecule has 1 spiro atoms. The minimum absolute atomic E-state index is 0.0127.